The van der Waals surface area contributed by atoms with E-state index >= 15 is 0 Å². The molecule has 4 aliphatic rings. The van der Waals surface area contributed by atoms with E-state index in [9.17, 15) is 19.5 Å². The number of carboxylic acids is 1. The molecule has 2 amide bonds. The van der Waals surface area contributed by atoms with E-state index < -0.39 is 29.3 Å². The first kappa shape index (κ1) is 25.1. The summed E-state index contributed by atoms with van der Waals surface area (Å²) in [6.45, 7) is 6.35. The van der Waals surface area contributed by atoms with Gasteiger partial charge in [0.1, 0.15) is 12.2 Å². The lowest BCUT2D eigenvalue weighted by Crippen LogP contribution is -2.74. The molecule has 2 aliphatic heterocycles. The van der Waals surface area contributed by atoms with Crippen LogP contribution in [-0.2, 0) is 14.3 Å². The molecule has 0 atom stereocenters. The Labute approximate surface area is 216 Å². The fraction of sp³-hybridized carbons (Fsp3) is 0.483. The zero-order valence-corrected chi connectivity index (χ0v) is 21.6. The monoisotopic (exact) mass is 506 g/mol. The van der Waals surface area contributed by atoms with Crippen LogP contribution in [0.1, 0.15) is 63.5 Å². The number of rotatable bonds is 6. The molecule has 2 aliphatic carbocycles. The number of aliphatic carboxylic acids is 1. The van der Waals surface area contributed by atoms with E-state index in [1.54, 1.807) is 25.7 Å². The lowest BCUT2D eigenvalue weighted by atomic mass is 9.52. The van der Waals surface area contributed by atoms with Gasteiger partial charge in [-0.15, -0.1) is 0 Å². The molecule has 0 radical (unpaired) electrons. The van der Waals surface area contributed by atoms with Crippen LogP contribution < -0.4 is 5.32 Å². The number of carbonyl (C=O) groups excluding carboxylic acids is 2. The highest BCUT2D eigenvalue weighted by molar-refractivity contribution is 5.79. The van der Waals surface area contributed by atoms with E-state index in [1.807, 2.05) is 24.3 Å². The van der Waals surface area contributed by atoms with E-state index in [0.29, 0.717) is 32.4 Å². The van der Waals surface area contributed by atoms with Crippen molar-refractivity contribution in [3.8, 4) is 11.1 Å². The Morgan fingerprint density at radius 2 is 1.59 bits per heavy atom. The number of carboxylic acid groups (broad SMARTS) is 1. The second-order valence-electron chi connectivity index (χ2n) is 11.8. The summed E-state index contributed by atoms with van der Waals surface area (Å²) in [5.74, 6) is -0.915. The van der Waals surface area contributed by atoms with Crippen molar-refractivity contribution in [2.75, 3.05) is 19.7 Å². The van der Waals surface area contributed by atoms with Crippen molar-refractivity contribution >= 4 is 18.2 Å². The molecular formula is C29H34N2O6. The number of alkyl carbamates (subject to hydrolysis) is 1. The molecule has 196 valence electrons. The SMILES string of the molecule is CC(C)(C)OC(=O)N1CC2(CCC(=O)O)CC(NC(=O)OCC3c4ccccc4-c4ccccc43)(C1)C2. The van der Waals surface area contributed by atoms with Crippen LogP contribution in [0.2, 0.25) is 0 Å². The molecular weight excluding hydrogens is 472 g/mol. The Morgan fingerprint density at radius 1 is 1.00 bits per heavy atom. The van der Waals surface area contributed by atoms with Crippen molar-refractivity contribution in [2.45, 2.75) is 63.5 Å². The lowest BCUT2D eigenvalue weighted by molar-refractivity contribution is -0.141. The highest BCUT2D eigenvalue weighted by Crippen LogP contribution is 2.56. The van der Waals surface area contributed by atoms with Crippen molar-refractivity contribution in [1.29, 1.82) is 0 Å². The van der Waals surface area contributed by atoms with Gasteiger partial charge in [-0.25, -0.2) is 9.59 Å². The minimum atomic E-state index is -0.870. The summed E-state index contributed by atoms with van der Waals surface area (Å²) in [5, 5.41) is 12.3. The topological polar surface area (TPSA) is 105 Å². The van der Waals surface area contributed by atoms with Gasteiger partial charge in [0.2, 0.25) is 0 Å². The quantitative estimate of drug-likeness (QED) is 0.561. The normalized spacial score (nSPS) is 23.9. The number of amides is 2. The molecule has 8 nitrogen and oxygen atoms in total. The molecule has 0 unspecified atom stereocenters. The maximum absolute atomic E-state index is 13.0. The zero-order chi connectivity index (χ0) is 26.4. The van der Waals surface area contributed by atoms with Crippen LogP contribution in [0, 0.1) is 5.41 Å². The molecule has 0 aromatic heterocycles. The summed E-state index contributed by atoms with van der Waals surface area (Å²) in [4.78, 5) is 38.8. The molecule has 2 heterocycles. The smallest absolute Gasteiger partial charge is 0.410 e. The molecule has 2 aromatic carbocycles. The first-order valence-corrected chi connectivity index (χ1v) is 12.8. The highest BCUT2D eigenvalue weighted by Gasteiger charge is 2.61. The van der Waals surface area contributed by atoms with Crippen molar-refractivity contribution in [3.63, 3.8) is 0 Å². The second kappa shape index (κ2) is 9.08. The van der Waals surface area contributed by atoms with Crippen molar-refractivity contribution in [3.05, 3.63) is 59.7 Å². The number of hydrogen-bond donors (Lipinski definition) is 2. The summed E-state index contributed by atoms with van der Waals surface area (Å²) < 4.78 is 11.3. The Morgan fingerprint density at radius 3 is 2.16 bits per heavy atom. The van der Waals surface area contributed by atoms with Crippen LogP contribution in [0.5, 0.6) is 0 Å². The van der Waals surface area contributed by atoms with Gasteiger partial charge in [0.25, 0.3) is 0 Å². The molecule has 2 aromatic rings. The number of hydrogen-bond acceptors (Lipinski definition) is 5. The Bertz CT molecular complexity index is 1180. The van der Waals surface area contributed by atoms with Gasteiger partial charge in [-0.05, 0) is 67.7 Å². The predicted octanol–water partition coefficient (Wildman–Crippen LogP) is 5.16. The Balaban J connectivity index is 1.27. The van der Waals surface area contributed by atoms with Gasteiger partial charge in [0, 0.05) is 25.4 Å². The maximum atomic E-state index is 13.0. The summed E-state index contributed by atoms with van der Waals surface area (Å²) in [6.07, 6.45) is 0.692. The van der Waals surface area contributed by atoms with E-state index in [0.717, 1.165) is 22.3 Å². The fourth-order valence-electron chi connectivity index (χ4n) is 6.50. The number of ether oxygens (including phenoxy) is 2. The molecule has 8 heteroatoms. The number of carbonyl (C=O) groups is 3. The summed E-state index contributed by atoms with van der Waals surface area (Å²) in [6, 6.07) is 16.3. The zero-order valence-electron chi connectivity index (χ0n) is 21.6. The van der Waals surface area contributed by atoms with E-state index in [-0.39, 0.29) is 24.4 Å². The molecule has 2 bridgehead atoms. The van der Waals surface area contributed by atoms with Crippen molar-refractivity contribution < 1.29 is 29.0 Å². The average molecular weight is 507 g/mol. The molecule has 2 N–H and O–H groups in total. The van der Waals surface area contributed by atoms with Gasteiger partial charge in [0.15, 0.2) is 0 Å². The van der Waals surface area contributed by atoms with E-state index in [1.165, 1.54) is 0 Å². The first-order valence-electron chi connectivity index (χ1n) is 12.8. The van der Waals surface area contributed by atoms with Crippen molar-refractivity contribution in [2.24, 2.45) is 5.41 Å². The van der Waals surface area contributed by atoms with E-state index in [2.05, 4.69) is 29.6 Å². The molecule has 0 spiro atoms. The molecule has 6 rings (SSSR count). The summed E-state index contributed by atoms with van der Waals surface area (Å²) in [7, 11) is 0. The van der Waals surface area contributed by atoms with Crippen molar-refractivity contribution in [1.82, 2.24) is 10.2 Å². The molecule has 3 fully saturated rings. The van der Waals surface area contributed by atoms with Gasteiger partial charge in [-0.1, -0.05) is 48.5 Å². The number of benzene rings is 2. The van der Waals surface area contributed by atoms with Crippen LogP contribution in [0.3, 0.4) is 0 Å². The number of fused-ring (bicyclic) bond motifs is 5. The van der Waals surface area contributed by atoms with Gasteiger partial charge < -0.3 is 24.8 Å². The van der Waals surface area contributed by atoms with Crippen LogP contribution in [0.4, 0.5) is 9.59 Å². The second-order valence-corrected chi connectivity index (χ2v) is 11.8. The maximum Gasteiger partial charge on any atom is 0.410 e. The summed E-state index contributed by atoms with van der Waals surface area (Å²) >= 11 is 0. The van der Waals surface area contributed by atoms with Crippen LogP contribution in [0.25, 0.3) is 11.1 Å². The first-order chi connectivity index (χ1) is 17.5. The van der Waals surface area contributed by atoms with Crippen LogP contribution in [-0.4, -0.2) is 59.0 Å². The van der Waals surface area contributed by atoms with Crippen LogP contribution in [0.15, 0.2) is 48.5 Å². The minimum absolute atomic E-state index is 0.0170. The largest absolute Gasteiger partial charge is 0.481 e. The summed E-state index contributed by atoms with van der Waals surface area (Å²) in [5.41, 5.74) is 2.93. The Hall–Kier alpha value is -3.55. The third kappa shape index (κ3) is 5.02. The van der Waals surface area contributed by atoms with Gasteiger partial charge in [0.05, 0.1) is 5.54 Å². The molecule has 2 saturated heterocycles. The van der Waals surface area contributed by atoms with Gasteiger partial charge in [-0.2, -0.15) is 0 Å². The third-order valence-electron chi connectivity index (χ3n) is 7.68. The van der Waals surface area contributed by atoms with Gasteiger partial charge in [-0.3, -0.25) is 4.79 Å². The highest BCUT2D eigenvalue weighted by atomic mass is 16.6. The molecule has 1 saturated carbocycles. The number of piperidine rings is 2. The fourth-order valence-corrected chi connectivity index (χ4v) is 6.50. The molecule has 37 heavy (non-hydrogen) atoms. The lowest BCUT2D eigenvalue weighted by Gasteiger charge is -2.63. The number of nitrogens with one attached hydrogen (secondary N) is 1. The van der Waals surface area contributed by atoms with Crippen LogP contribution >= 0.6 is 0 Å². The minimum Gasteiger partial charge on any atom is -0.481 e. The third-order valence-corrected chi connectivity index (χ3v) is 7.68. The average Bonchev–Trinajstić information content (AvgIpc) is 3.13. The standard InChI is InChI=1S/C29H34N2O6/c1-27(2,3)37-26(35)31-17-28(13-12-24(32)33)15-29(16-28,18-31)30-25(34)36-14-23-21-10-6-4-8-19(21)20-9-5-7-11-22(20)23/h4-11,23H,12-18H2,1-3H3,(H,30,34)(H,32,33). The Kier molecular flexibility index (Phi) is 6.16. The number of nitrogens with zero attached hydrogens (tertiary/aromatic N) is 1. The predicted molar refractivity (Wildman–Crippen MR) is 137 cm³/mol. The van der Waals surface area contributed by atoms with E-state index in [4.69, 9.17) is 9.47 Å². The van der Waals surface area contributed by atoms with Gasteiger partial charge >= 0.3 is 18.2 Å².